The molecule has 1 aliphatic rings. The van der Waals surface area contributed by atoms with Crippen molar-refractivity contribution < 1.29 is 27.5 Å². The molecular weight excluding hydrogens is 435 g/mol. The highest BCUT2D eigenvalue weighted by molar-refractivity contribution is 6.33. The standard InChI is InChI=1S/C21H21ClF3N3O3/c1-2-31-16-6-3-14(4-7-16)19(29)26-15-5-8-18(17(22)13-15)27-9-11-28(12-10-27)20(30)21(23,24)25/h3-8,13H,2,9-12H2,1H3,(H,26,29). The molecule has 0 spiro atoms. The predicted octanol–water partition coefficient (Wildman–Crippen LogP) is 4.20. The molecular formula is C21H21ClF3N3O3. The normalized spacial score (nSPS) is 14.4. The number of anilines is 2. The summed E-state index contributed by atoms with van der Waals surface area (Å²) in [5, 5.41) is 3.11. The zero-order valence-corrected chi connectivity index (χ0v) is 17.5. The Morgan fingerprint density at radius 1 is 1.06 bits per heavy atom. The SMILES string of the molecule is CCOc1ccc(C(=O)Nc2ccc(N3CCN(C(=O)C(F)(F)F)CC3)c(Cl)c2)cc1. The number of halogens is 4. The van der Waals surface area contributed by atoms with Gasteiger partial charge >= 0.3 is 12.1 Å². The topological polar surface area (TPSA) is 61.9 Å². The van der Waals surface area contributed by atoms with Gasteiger partial charge in [0.15, 0.2) is 0 Å². The first kappa shape index (κ1) is 22.7. The van der Waals surface area contributed by atoms with E-state index >= 15 is 0 Å². The van der Waals surface area contributed by atoms with E-state index in [2.05, 4.69) is 5.32 Å². The Balaban J connectivity index is 1.61. The molecule has 1 N–H and O–H groups in total. The van der Waals surface area contributed by atoms with E-state index < -0.39 is 12.1 Å². The molecule has 1 fully saturated rings. The Bertz CT molecular complexity index is 943. The van der Waals surface area contributed by atoms with Crippen molar-refractivity contribution in [2.75, 3.05) is 43.0 Å². The molecule has 0 radical (unpaired) electrons. The number of piperazine rings is 1. The Kier molecular flexibility index (Phi) is 6.94. The van der Waals surface area contributed by atoms with Gasteiger partial charge in [-0.1, -0.05) is 11.6 Å². The van der Waals surface area contributed by atoms with Gasteiger partial charge in [0.2, 0.25) is 0 Å². The van der Waals surface area contributed by atoms with Gasteiger partial charge in [-0.05, 0) is 49.4 Å². The number of hydrogen-bond donors (Lipinski definition) is 1. The summed E-state index contributed by atoms with van der Waals surface area (Å²) in [6.07, 6.45) is -4.87. The van der Waals surface area contributed by atoms with Crippen LogP contribution in [0.25, 0.3) is 0 Å². The van der Waals surface area contributed by atoms with Crippen LogP contribution >= 0.6 is 11.6 Å². The van der Waals surface area contributed by atoms with E-state index in [-0.39, 0.29) is 32.1 Å². The van der Waals surface area contributed by atoms with Crippen LogP contribution in [0.1, 0.15) is 17.3 Å². The van der Waals surface area contributed by atoms with Gasteiger partial charge < -0.3 is 19.9 Å². The number of carbonyl (C=O) groups excluding carboxylic acids is 2. The van der Waals surface area contributed by atoms with Crippen LogP contribution < -0.4 is 15.0 Å². The van der Waals surface area contributed by atoms with Gasteiger partial charge in [0.25, 0.3) is 5.91 Å². The van der Waals surface area contributed by atoms with Crippen LogP contribution in [0.15, 0.2) is 42.5 Å². The molecule has 1 aliphatic heterocycles. The lowest BCUT2D eigenvalue weighted by Gasteiger charge is -2.36. The number of rotatable bonds is 5. The average Bonchev–Trinajstić information content (AvgIpc) is 2.73. The van der Waals surface area contributed by atoms with E-state index in [1.165, 1.54) is 0 Å². The maximum atomic E-state index is 12.6. The smallest absolute Gasteiger partial charge is 0.471 e. The molecule has 1 heterocycles. The number of nitrogens with one attached hydrogen (secondary N) is 1. The molecule has 10 heteroatoms. The molecule has 0 aliphatic carbocycles. The zero-order chi connectivity index (χ0) is 22.6. The molecule has 0 atom stereocenters. The number of benzene rings is 2. The van der Waals surface area contributed by atoms with E-state index in [1.807, 2.05) is 6.92 Å². The highest BCUT2D eigenvalue weighted by Crippen LogP contribution is 2.30. The van der Waals surface area contributed by atoms with Gasteiger partial charge in [-0.25, -0.2) is 0 Å². The van der Waals surface area contributed by atoms with Crippen molar-refractivity contribution in [3.63, 3.8) is 0 Å². The third-order valence-corrected chi connectivity index (χ3v) is 5.09. The molecule has 166 valence electrons. The van der Waals surface area contributed by atoms with Crippen molar-refractivity contribution in [1.82, 2.24) is 4.90 Å². The molecule has 2 amide bonds. The molecule has 0 unspecified atom stereocenters. The van der Waals surface area contributed by atoms with Crippen molar-refractivity contribution in [1.29, 1.82) is 0 Å². The highest BCUT2D eigenvalue weighted by Gasteiger charge is 2.43. The summed E-state index contributed by atoms with van der Waals surface area (Å²) < 4.78 is 43.1. The van der Waals surface area contributed by atoms with Crippen LogP contribution in [0.4, 0.5) is 24.5 Å². The molecule has 3 rings (SSSR count). The molecule has 1 saturated heterocycles. The van der Waals surface area contributed by atoms with E-state index in [9.17, 15) is 22.8 Å². The fourth-order valence-corrected chi connectivity index (χ4v) is 3.54. The van der Waals surface area contributed by atoms with Crippen molar-refractivity contribution >= 4 is 34.8 Å². The number of hydrogen-bond acceptors (Lipinski definition) is 4. The molecule has 2 aromatic carbocycles. The summed E-state index contributed by atoms with van der Waals surface area (Å²) in [7, 11) is 0. The lowest BCUT2D eigenvalue weighted by Crippen LogP contribution is -2.52. The number of amides is 2. The summed E-state index contributed by atoms with van der Waals surface area (Å²) in [6.45, 7) is 2.74. The molecule has 2 aromatic rings. The minimum atomic E-state index is -4.87. The lowest BCUT2D eigenvalue weighted by atomic mass is 10.2. The first-order valence-corrected chi connectivity index (χ1v) is 10.0. The quantitative estimate of drug-likeness (QED) is 0.734. The van der Waals surface area contributed by atoms with E-state index in [4.69, 9.17) is 16.3 Å². The van der Waals surface area contributed by atoms with Gasteiger partial charge in [-0.3, -0.25) is 9.59 Å². The number of alkyl halides is 3. The molecule has 31 heavy (non-hydrogen) atoms. The fraction of sp³-hybridized carbons (Fsp3) is 0.333. The Morgan fingerprint density at radius 2 is 1.71 bits per heavy atom. The summed E-state index contributed by atoms with van der Waals surface area (Å²) in [4.78, 5) is 26.4. The van der Waals surface area contributed by atoms with Crippen molar-refractivity contribution in [2.24, 2.45) is 0 Å². The second-order valence-electron chi connectivity index (χ2n) is 6.85. The van der Waals surface area contributed by atoms with Gasteiger partial charge in [-0.2, -0.15) is 13.2 Å². The molecule has 6 nitrogen and oxygen atoms in total. The monoisotopic (exact) mass is 455 g/mol. The summed E-state index contributed by atoms with van der Waals surface area (Å²) in [6, 6.07) is 11.7. The summed E-state index contributed by atoms with van der Waals surface area (Å²) >= 11 is 6.35. The summed E-state index contributed by atoms with van der Waals surface area (Å²) in [5.41, 5.74) is 1.56. The second-order valence-corrected chi connectivity index (χ2v) is 7.26. The van der Waals surface area contributed by atoms with Crippen LogP contribution in [0, 0.1) is 0 Å². The first-order chi connectivity index (χ1) is 14.7. The summed E-state index contributed by atoms with van der Waals surface area (Å²) in [5.74, 6) is -1.47. The largest absolute Gasteiger partial charge is 0.494 e. The first-order valence-electron chi connectivity index (χ1n) is 9.64. The van der Waals surface area contributed by atoms with Crippen molar-refractivity contribution in [3.8, 4) is 5.75 Å². The van der Waals surface area contributed by atoms with Crippen molar-refractivity contribution in [3.05, 3.63) is 53.1 Å². The van der Waals surface area contributed by atoms with Gasteiger partial charge in [0, 0.05) is 37.4 Å². The second kappa shape index (κ2) is 9.47. The van der Waals surface area contributed by atoms with Gasteiger partial charge in [-0.15, -0.1) is 0 Å². The van der Waals surface area contributed by atoms with Gasteiger partial charge in [0.05, 0.1) is 17.3 Å². The Morgan fingerprint density at radius 3 is 2.26 bits per heavy atom. The zero-order valence-electron chi connectivity index (χ0n) is 16.7. The number of carbonyl (C=O) groups is 2. The van der Waals surface area contributed by atoms with Crippen LogP contribution in [0.3, 0.4) is 0 Å². The maximum Gasteiger partial charge on any atom is 0.471 e. The maximum absolute atomic E-state index is 12.6. The average molecular weight is 456 g/mol. The molecule has 0 saturated carbocycles. The Labute approximate surface area is 182 Å². The molecule has 0 aromatic heterocycles. The van der Waals surface area contributed by atoms with E-state index in [0.717, 1.165) is 4.90 Å². The Hall–Kier alpha value is -2.94. The lowest BCUT2D eigenvalue weighted by molar-refractivity contribution is -0.185. The minimum absolute atomic E-state index is 0.0507. The minimum Gasteiger partial charge on any atom is -0.494 e. The number of ether oxygens (including phenoxy) is 1. The number of nitrogens with zero attached hydrogens (tertiary/aromatic N) is 2. The predicted molar refractivity (Wildman–Crippen MR) is 112 cm³/mol. The van der Waals surface area contributed by atoms with E-state index in [0.29, 0.717) is 34.3 Å². The van der Waals surface area contributed by atoms with Gasteiger partial charge in [0.1, 0.15) is 5.75 Å². The third kappa shape index (κ3) is 5.61. The third-order valence-electron chi connectivity index (χ3n) is 4.78. The van der Waals surface area contributed by atoms with Crippen LogP contribution in [0.5, 0.6) is 5.75 Å². The molecule has 0 bridgehead atoms. The van der Waals surface area contributed by atoms with E-state index in [1.54, 1.807) is 47.4 Å². The van der Waals surface area contributed by atoms with Crippen LogP contribution in [0.2, 0.25) is 5.02 Å². The fourth-order valence-electron chi connectivity index (χ4n) is 3.24. The van der Waals surface area contributed by atoms with Crippen LogP contribution in [-0.2, 0) is 4.79 Å². The van der Waals surface area contributed by atoms with Crippen LogP contribution in [-0.4, -0.2) is 55.7 Å². The van der Waals surface area contributed by atoms with Crippen molar-refractivity contribution in [2.45, 2.75) is 13.1 Å². The highest BCUT2D eigenvalue weighted by atomic mass is 35.5.